The van der Waals surface area contributed by atoms with Crippen molar-refractivity contribution in [2.75, 3.05) is 17.9 Å². The van der Waals surface area contributed by atoms with Crippen LogP contribution in [0.4, 0.5) is 5.69 Å². The van der Waals surface area contributed by atoms with Crippen molar-refractivity contribution in [2.45, 2.75) is 11.8 Å². The molecule has 0 spiro atoms. The first-order chi connectivity index (χ1) is 11.3. The van der Waals surface area contributed by atoms with Gasteiger partial charge in [-0.05, 0) is 49.4 Å². The Bertz CT molecular complexity index is 852. The van der Waals surface area contributed by atoms with Crippen molar-refractivity contribution >= 4 is 44.8 Å². The fraction of sp³-hybridized carbons (Fsp3) is 0.188. The summed E-state index contributed by atoms with van der Waals surface area (Å²) in [5, 5.41) is 3.34. The van der Waals surface area contributed by atoms with Gasteiger partial charge in [0.1, 0.15) is 0 Å². The van der Waals surface area contributed by atoms with Crippen LogP contribution in [0.3, 0.4) is 0 Å². The summed E-state index contributed by atoms with van der Waals surface area (Å²) in [7, 11) is -2.37. The number of rotatable bonds is 5. The van der Waals surface area contributed by atoms with E-state index in [2.05, 4.69) is 5.32 Å². The van der Waals surface area contributed by atoms with Gasteiger partial charge >= 0.3 is 0 Å². The maximum Gasteiger partial charge on any atom is 0.264 e. The normalized spacial score (nSPS) is 11.2. The van der Waals surface area contributed by atoms with E-state index in [-0.39, 0.29) is 21.4 Å². The van der Waals surface area contributed by atoms with Crippen molar-refractivity contribution in [3.05, 3.63) is 58.1 Å². The first-order valence-corrected chi connectivity index (χ1v) is 9.29. The number of anilines is 1. The maximum absolute atomic E-state index is 12.7. The Kier molecular flexibility index (Phi) is 5.74. The van der Waals surface area contributed by atoms with Crippen molar-refractivity contribution in [2.24, 2.45) is 0 Å². The largest absolute Gasteiger partial charge is 0.352 e. The summed E-state index contributed by atoms with van der Waals surface area (Å²) >= 11 is 11.8. The molecule has 0 saturated carbocycles. The fourth-order valence-electron chi connectivity index (χ4n) is 2.04. The van der Waals surface area contributed by atoms with Gasteiger partial charge in [-0.2, -0.15) is 0 Å². The lowest BCUT2D eigenvalue weighted by molar-refractivity contribution is 0.0956. The number of nitrogens with one attached hydrogen (secondary N) is 1. The Morgan fingerprint density at radius 1 is 1.12 bits per heavy atom. The minimum atomic E-state index is -3.78. The van der Waals surface area contributed by atoms with E-state index in [9.17, 15) is 13.2 Å². The molecule has 2 aromatic rings. The quantitative estimate of drug-likeness (QED) is 0.853. The van der Waals surface area contributed by atoms with Gasteiger partial charge in [0.15, 0.2) is 0 Å². The van der Waals surface area contributed by atoms with Crippen molar-refractivity contribution in [3.8, 4) is 0 Å². The van der Waals surface area contributed by atoms with Crippen molar-refractivity contribution in [3.63, 3.8) is 0 Å². The van der Waals surface area contributed by atoms with Crippen LogP contribution in [0.1, 0.15) is 17.3 Å². The van der Waals surface area contributed by atoms with Gasteiger partial charge in [-0.25, -0.2) is 8.42 Å². The lowest BCUT2D eigenvalue weighted by Gasteiger charge is -2.20. The predicted octanol–water partition coefficient (Wildman–Crippen LogP) is 3.57. The molecule has 0 aromatic heterocycles. The Morgan fingerprint density at radius 3 is 2.33 bits per heavy atom. The van der Waals surface area contributed by atoms with Crippen LogP contribution in [0.5, 0.6) is 0 Å². The molecule has 0 radical (unpaired) electrons. The third-order valence-electron chi connectivity index (χ3n) is 3.37. The summed E-state index contributed by atoms with van der Waals surface area (Å²) in [5.74, 6) is -0.360. The third-order valence-corrected chi connectivity index (χ3v) is 5.75. The molecule has 1 amide bonds. The highest BCUT2D eigenvalue weighted by molar-refractivity contribution is 7.92. The Labute approximate surface area is 151 Å². The molecule has 2 rings (SSSR count). The summed E-state index contributed by atoms with van der Waals surface area (Å²) in [4.78, 5) is 12.1. The van der Waals surface area contributed by atoms with E-state index in [1.54, 1.807) is 13.0 Å². The molecule has 2 aromatic carbocycles. The van der Waals surface area contributed by atoms with E-state index in [0.29, 0.717) is 17.3 Å². The number of benzene rings is 2. The SMILES string of the molecule is CCNC(=O)c1cc(N(C)S(=O)(=O)c2ccc(Cl)cc2)ccc1Cl. The molecule has 0 bridgehead atoms. The Balaban J connectivity index is 2.42. The first-order valence-electron chi connectivity index (χ1n) is 7.09. The second kappa shape index (κ2) is 7.42. The molecule has 0 aliphatic rings. The standard InChI is InChI=1S/C16H16Cl2N2O3S/c1-3-19-16(21)14-10-12(6-9-15(14)18)20(2)24(22,23)13-7-4-11(17)5-8-13/h4-10H,3H2,1-2H3,(H,19,21). The molecule has 24 heavy (non-hydrogen) atoms. The number of halogens is 2. The van der Waals surface area contributed by atoms with Crippen LogP contribution < -0.4 is 9.62 Å². The van der Waals surface area contributed by atoms with Gasteiger partial charge in [-0.3, -0.25) is 9.10 Å². The molecule has 0 aliphatic heterocycles. The minimum Gasteiger partial charge on any atom is -0.352 e. The van der Waals surface area contributed by atoms with E-state index in [4.69, 9.17) is 23.2 Å². The molecular weight excluding hydrogens is 371 g/mol. The molecule has 5 nitrogen and oxygen atoms in total. The van der Waals surface area contributed by atoms with Gasteiger partial charge in [0.25, 0.3) is 15.9 Å². The predicted molar refractivity (Wildman–Crippen MR) is 96.5 cm³/mol. The van der Waals surface area contributed by atoms with E-state index >= 15 is 0 Å². The molecule has 0 heterocycles. The van der Waals surface area contributed by atoms with E-state index in [1.165, 1.54) is 43.4 Å². The summed E-state index contributed by atoms with van der Waals surface area (Å²) in [6.45, 7) is 2.23. The molecule has 0 fully saturated rings. The Morgan fingerprint density at radius 2 is 1.75 bits per heavy atom. The van der Waals surface area contributed by atoms with E-state index < -0.39 is 10.0 Å². The van der Waals surface area contributed by atoms with Crippen LogP contribution >= 0.6 is 23.2 Å². The van der Waals surface area contributed by atoms with Crippen molar-refractivity contribution < 1.29 is 13.2 Å². The highest BCUT2D eigenvalue weighted by Gasteiger charge is 2.22. The van der Waals surface area contributed by atoms with Crippen molar-refractivity contribution in [1.82, 2.24) is 5.32 Å². The number of amides is 1. The van der Waals surface area contributed by atoms with Crippen molar-refractivity contribution in [1.29, 1.82) is 0 Å². The van der Waals surface area contributed by atoms with Crippen LogP contribution in [-0.4, -0.2) is 27.9 Å². The zero-order valence-electron chi connectivity index (χ0n) is 13.1. The number of sulfonamides is 1. The van der Waals surface area contributed by atoms with Crippen LogP contribution in [0.25, 0.3) is 0 Å². The zero-order valence-corrected chi connectivity index (χ0v) is 15.4. The molecule has 0 saturated heterocycles. The average Bonchev–Trinajstić information content (AvgIpc) is 2.55. The summed E-state index contributed by atoms with van der Waals surface area (Å²) < 4.78 is 26.5. The third kappa shape index (κ3) is 3.83. The number of hydrogen-bond acceptors (Lipinski definition) is 3. The first kappa shape index (κ1) is 18.6. The lowest BCUT2D eigenvalue weighted by Crippen LogP contribution is -2.27. The molecule has 0 aliphatic carbocycles. The Hall–Kier alpha value is -1.76. The van der Waals surface area contributed by atoms with Crippen LogP contribution in [0.2, 0.25) is 10.0 Å². The van der Waals surface area contributed by atoms with Gasteiger partial charge in [-0.1, -0.05) is 23.2 Å². The van der Waals surface area contributed by atoms with E-state index in [1.807, 2.05) is 0 Å². The van der Waals surface area contributed by atoms with Crippen LogP contribution in [0.15, 0.2) is 47.4 Å². The van der Waals surface area contributed by atoms with Gasteiger partial charge in [-0.15, -0.1) is 0 Å². The maximum atomic E-state index is 12.7. The summed E-state index contributed by atoms with van der Waals surface area (Å²) in [6, 6.07) is 10.3. The average molecular weight is 387 g/mol. The highest BCUT2D eigenvalue weighted by atomic mass is 35.5. The van der Waals surface area contributed by atoms with Gasteiger partial charge < -0.3 is 5.32 Å². The minimum absolute atomic E-state index is 0.101. The van der Waals surface area contributed by atoms with Gasteiger partial charge in [0.2, 0.25) is 0 Å². The number of carbonyl (C=O) groups is 1. The molecule has 0 atom stereocenters. The topological polar surface area (TPSA) is 66.5 Å². The number of nitrogens with zero attached hydrogens (tertiary/aromatic N) is 1. The monoisotopic (exact) mass is 386 g/mol. The molecule has 8 heteroatoms. The highest BCUT2D eigenvalue weighted by Crippen LogP contribution is 2.27. The van der Waals surface area contributed by atoms with E-state index in [0.717, 1.165) is 4.31 Å². The molecule has 1 N–H and O–H groups in total. The number of hydrogen-bond donors (Lipinski definition) is 1. The second-order valence-corrected chi connectivity index (χ2v) is 7.76. The summed E-state index contributed by atoms with van der Waals surface area (Å²) in [6.07, 6.45) is 0. The fourth-order valence-corrected chi connectivity index (χ4v) is 3.56. The summed E-state index contributed by atoms with van der Waals surface area (Å²) in [5.41, 5.74) is 0.546. The number of carbonyl (C=O) groups excluding carboxylic acids is 1. The van der Waals surface area contributed by atoms with Crippen LogP contribution in [-0.2, 0) is 10.0 Å². The lowest BCUT2D eigenvalue weighted by atomic mass is 10.2. The smallest absolute Gasteiger partial charge is 0.264 e. The molecule has 128 valence electrons. The van der Waals surface area contributed by atoms with Gasteiger partial charge in [0, 0.05) is 18.6 Å². The van der Waals surface area contributed by atoms with Gasteiger partial charge in [0.05, 0.1) is 21.2 Å². The zero-order chi connectivity index (χ0) is 17.9. The second-order valence-electron chi connectivity index (χ2n) is 4.95. The molecular formula is C16H16Cl2N2O3S. The van der Waals surface area contributed by atoms with Crippen LogP contribution in [0, 0.1) is 0 Å². The molecule has 0 unspecified atom stereocenters.